The average Bonchev–Trinajstić information content (AvgIpc) is 3.18. The van der Waals surface area contributed by atoms with E-state index < -0.39 is 23.7 Å². The minimum atomic E-state index is -0.858. The van der Waals surface area contributed by atoms with E-state index in [1.165, 1.54) is 4.90 Å². The number of fused-ring (bicyclic) bond motifs is 7. The maximum atomic E-state index is 14.0. The fraction of sp³-hybridized carbons (Fsp3) is 0.129. The van der Waals surface area contributed by atoms with Gasteiger partial charge in [-0.2, -0.15) is 0 Å². The molecule has 0 saturated carbocycles. The first-order valence-corrected chi connectivity index (χ1v) is 13.0. The number of carbonyl (C=O) groups excluding carboxylic acids is 3. The summed E-state index contributed by atoms with van der Waals surface area (Å²) in [7, 11) is 0. The number of hydrogen-bond donors (Lipinski definition) is 0. The number of esters is 1. The largest absolute Gasteiger partial charge is 0.425 e. The third kappa shape index (κ3) is 3.25. The van der Waals surface area contributed by atoms with Crippen LogP contribution >= 0.6 is 15.9 Å². The Bertz CT molecular complexity index is 1660. The topological polar surface area (TPSA) is 63.7 Å². The van der Waals surface area contributed by atoms with E-state index in [2.05, 4.69) is 15.9 Å². The van der Waals surface area contributed by atoms with E-state index in [4.69, 9.17) is 4.74 Å². The van der Waals surface area contributed by atoms with E-state index >= 15 is 0 Å². The molecule has 2 amide bonds. The van der Waals surface area contributed by atoms with Crippen LogP contribution in [0.5, 0.6) is 5.75 Å². The molecule has 2 heterocycles. The van der Waals surface area contributed by atoms with Gasteiger partial charge in [-0.3, -0.25) is 14.4 Å². The molecular weight excluding hydrogens is 530 g/mol. The lowest BCUT2D eigenvalue weighted by molar-refractivity contribution is -0.142. The number of amides is 2. The van der Waals surface area contributed by atoms with Gasteiger partial charge < -0.3 is 4.74 Å². The monoisotopic (exact) mass is 549 g/mol. The smallest absolute Gasteiger partial charge is 0.319 e. The van der Waals surface area contributed by atoms with Crippen LogP contribution in [0.2, 0.25) is 0 Å². The molecule has 3 aliphatic rings. The molecule has 37 heavy (non-hydrogen) atoms. The maximum absolute atomic E-state index is 14.0. The molecular formula is C31H20BrNO4. The average molecular weight is 550 g/mol. The Morgan fingerprint density at radius 1 is 0.757 bits per heavy atom. The van der Waals surface area contributed by atoms with Crippen LogP contribution in [0.25, 0.3) is 16.3 Å². The summed E-state index contributed by atoms with van der Waals surface area (Å²) in [4.78, 5) is 42.8. The number of halogens is 1. The Hall–Kier alpha value is -4.03. The molecule has 2 aliphatic heterocycles. The zero-order valence-electron chi connectivity index (χ0n) is 19.5. The first-order chi connectivity index (χ1) is 18.0. The number of rotatable bonds is 2. The lowest BCUT2D eigenvalue weighted by Gasteiger charge is -2.38. The van der Waals surface area contributed by atoms with E-state index in [1.54, 1.807) is 18.2 Å². The van der Waals surface area contributed by atoms with Crippen LogP contribution in [-0.4, -0.2) is 17.8 Å². The summed E-state index contributed by atoms with van der Waals surface area (Å²) in [5, 5.41) is 1.81. The number of nitrogens with zero attached hydrogens (tertiary/aromatic N) is 1. The molecule has 4 aromatic rings. The summed E-state index contributed by atoms with van der Waals surface area (Å²) in [6, 6.07) is 28.6. The standard InChI is InChI=1S/C31H20BrNO4/c32-19-10-6-11-20(15-19)33-29(34)25-23(17-7-2-1-3-8-17)16-24-22-14-13-18-9-4-5-12-21(18)28(22)37-31(36)26(24)27(25)30(33)35/h1-16,23,25-27H/t23-,25+,26+,27-/m1/s1. The minimum Gasteiger partial charge on any atom is -0.425 e. The Kier molecular flexibility index (Phi) is 4.95. The van der Waals surface area contributed by atoms with Gasteiger partial charge in [0, 0.05) is 21.3 Å². The number of anilines is 1. The summed E-state index contributed by atoms with van der Waals surface area (Å²) in [6.07, 6.45) is 2.02. The van der Waals surface area contributed by atoms with Gasteiger partial charge in [-0.05, 0) is 34.7 Å². The van der Waals surface area contributed by atoms with Crippen molar-refractivity contribution in [1.82, 2.24) is 0 Å². The summed E-state index contributed by atoms with van der Waals surface area (Å²) < 4.78 is 6.70. The molecule has 1 fully saturated rings. The fourth-order valence-corrected chi connectivity index (χ4v) is 6.55. The van der Waals surface area contributed by atoms with Crippen molar-refractivity contribution in [3.8, 4) is 5.75 Å². The van der Waals surface area contributed by atoms with Crippen LogP contribution in [0, 0.1) is 17.8 Å². The highest BCUT2D eigenvalue weighted by atomic mass is 79.9. The van der Waals surface area contributed by atoms with Crippen molar-refractivity contribution in [3.05, 3.63) is 113 Å². The van der Waals surface area contributed by atoms with Gasteiger partial charge in [0.25, 0.3) is 0 Å². The van der Waals surface area contributed by atoms with E-state index in [0.717, 1.165) is 31.9 Å². The molecule has 5 nitrogen and oxygen atoms in total. The van der Waals surface area contributed by atoms with E-state index in [0.29, 0.717) is 11.4 Å². The number of allylic oxidation sites excluding steroid dienone is 1. The maximum Gasteiger partial charge on any atom is 0.319 e. The highest BCUT2D eigenvalue weighted by Crippen LogP contribution is 2.55. The zero-order valence-corrected chi connectivity index (χ0v) is 21.1. The SMILES string of the molecule is O=C1Oc2c(ccc3ccccc23)C2=C[C@H](c3ccccc3)[C@@H]3C(=O)N(c4cccc(Br)c4)C(=O)[C@H]3[C@@H]12. The molecule has 1 aliphatic carbocycles. The lowest BCUT2D eigenvalue weighted by Crippen LogP contribution is -2.42. The molecule has 6 heteroatoms. The highest BCUT2D eigenvalue weighted by molar-refractivity contribution is 9.10. The molecule has 0 radical (unpaired) electrons. The lowest BCUT2D eigenvalue weighted by atomic mass is 9.64. The molecule has 1 saturated heterocycles. The van der Waals surface area contributed by atoms with E-state index in [-0.39, 0.29) is 17.7 Å². The van der Waals surface area contributed by atoms with E-state index in [9.17, 15) is 14.4 Å². The minimum absolute atomic E-state index is 0.297. The Labute approximate surface area is 221 Å². The molecule has 0 N–H and O–H groups in total. The third-order valence-electron chi connectivity index (χ3n) is 7.74. The van der Waals surface area contributed by atoms with Gasteiger partial charge >= 0.3 is 5.97 Å². The van der Waals surface area contributed by atoms with Crippen molar-refractivity contribution in [2.75, 3.05) is 4.90 Å². The van der Waals surface area contributed by atoms with Crippen molar-refractivity contribution in [3.63, 3.8) is 0 Å². The predicted octanol–water partition coefficient (Wildman–Crippen LogP) is 6.12. The first kappa shape index (κ1) is 22.2. The number of carbonyl (C=O) groups is 3. The Morgan fingerprint density at radius 3 is 2.32 bits per heavy atom. The molecule has 0 bridgehead atoms. The molecule has 0 aromatic heterocycles. The van der Waals surface area contributed by atoms with Gasteiger partial charge in [0.1, 0.15) is 5.75 Å². The van der Waals surface area contributed by atoms with Gasteiger partial charge in [-0.1, -0.05) is 94.8 Å². The highest BCUT2D eigenvalue weighted by Gasteiger charge is 2.60. The van der Waals surface area contributed by atoms with Crippen LogP contribution in [0.3, 0.4) is 0 Å². The summed E-state index contributed by atoms with van der Waals surface area (Å²) in [5.41, 5.74) is 2.97. The number of benzene rings is 4. The van der Waals surface area contributed by atoms with E-state index in [1.807, 2.05) is 78.9 Å². The van der Waals surface area contributed by atoms with Crippen molar-refractivity contribution in [1.29, 1.82) is 0 Å². The molecule has 4 aromatic carbocycles. The van der Waals surface area contributed by atoms with Crippen LogP contribution in [0.4, 0.5) is 5.69 Å². The molecule has 4 atom stereocenters. The Balaban J connectivity index is 1.45. The number of imide groups is 1. The molecule has 180 valence electrons. The van der Waals surface area contributed by atoms with Gasteiger partial charge in [0.05, 0.1) is 23.4 Å². The van der Waals surface area contributed by atoms with Crippen molar-refractivity contribution in [2.45, 2.75) is 5.92 Å². The molecule has 0 unspecified atom stereocenters. The second-order valence-corrected chi connectivity index (χ2v) is 10.6. The second-order valence-electron chi connectivity index (χ2n) is 9.66. The normalized spacial score (nSPS) is 24.3. The van der Waals surface area contributed by atoms with Gasteiger partial charge in [0.2, 0.25) is 11.8 Å². The summed E-state index contributed by atoms with van der Waals surface area (Å²) >= 11 is 3.44. The number of hydrogen-bond acceptors (Lipinski definition) is 4. The summed E-state index contributed by atoms with van der Waals surface area (Å²) in [5.74, 6) is -3.44. The molecule has 7 rings (SSSR count). The number of ether oxygens (including phenoxy) is 1. The van der Waals surface area contributed by atoms with Gasteiger partial charge in [-0.15, -0.1) is 0 Å². The van der Waals surface area contributed by atoms with Crippen molar-refractivity contribution in [2.24, 2.45) is 17.8 Å². The fourth-order valence-electron chi connectivity index (χ4n) is 6.16. The van der Waals surface area contributed by atoms with Crippen molar-refractivity contribution < 1.29 is 19.1 Å². The quantitative estimate of drug-likeness (QED) is 0.171. The predicted molar refractivity (Wildman–Crippen MR) is 144 cm³/mol. The zero-order chi connectivity index (χ0) is 25.3. The molecule has 0 spiro atoms. The van der Waals surface area contributed by atoms with Crippen LogP contribution in [0.15, 0.2) is 102 Å². The van der Waals surface area contributed by atoms with Crippen LogP contribution in [-0.2, 0) is 14.4 Å². The van der Waals surface area contributed by atoms with Crippen molar-refractivity contribution >= 4 is 55.7 Å². The Morgan fingerprint density at radius 2 is 1.51 bits per heavy atom. The van der Waals surface area contributed by atoms with Crippen LogP contribution < -0.4 is 9.64 Å². The first-order valence-electron chi connectivity index (χ1n) is 12.2. The third-order valence-corrected chi connectivity index (χ3v) is 8.23. The van der Waals surface area contributed by atoms with Gasteiger partial charge in [0.15, 0.2) is 0 Å². The van der Waals surface area contributed by atoms with Gasteiger partial charge in [-0.25, -0.2) is 4.90 Å². The van der Waals surface area contributed by atoms with Crippen LogP contribution in [0.1, 0.15) is 17.0 Å². The summed E-state index contributed by atoms with van der Waals surface area (Å²) in [6.45, 7) is 0. The second kappa shape index (κ2) is 8.25.